The van der Waals surface area contributed by atoms with Crippen LogP contribution in [-0.4, -0.2) is 51.9 Å². The second-order valence-electron chi connectivity index (χ2n) is 10.1. The third-order valence-electron chi connectivity index (χ3n) is 6.22. The molecule has 0 aromatic rings. The zero-order valence-corrected chi connectivity index (χ0v) is 26.0. The summed E-state index contributed by atoms with van der Waals surface area (Å²) in [6.07, 6.45) is 17.9. The summed E-state index contributed by atoms with van der Waals surface area (Å²) in [6.45, 7) is 2.91. The predicted molar refractivity (Wildman–Crippen MR) is 155 cm³/mol. The lowest BCUT2D eigenvalue weighted by atomic mass is 10.0. The van der Waals surface area contributed by atoms with Crippen molar-refractivity contribution in [2.75, 3.05) is 19.0 Å². The Morgan fingerprint density at radius 1 is 0.692 bits per heavy atom. The summed E-state index contributed by atoms with van der Waals surface area (Å²) in [4.78, 5) is 53.1. The number of hydrogen-bond donors (Lipinski definition) is 2. The number of hydrogen-bond acceptors (Lipinski definition) is 8. The van der Waals surface area contributed by atoms with Gasteiger partial charge in [0.1, 0.15) is 6.61 Å². The quantitative estimate of drug-likeness (QED) is 0.0566. The van der Waals surface area contributed by atoms with Gasteiger partial charge < -0.3 is 19.3 Å². The topological polar surface area (TPSA) is 136 Å². The zero-order chi connectivity index (χ0) is 29.2. The van der Waals surface area contributed by atoms with Crippen molar-refractivity contribution in [3.05, 3.63) is 0 Å². The molecule has 0 saturated carbocycles. The molecule has 0 unspecified atom stereocenters. The van der Waals surface area contributed by atoms with Gasteiger partial charge in [0, 0.05) is 25.5 Å². The standard InChI is InChI=1S/C28H53O9PS/c1-3-4-5-6-7-8-9-10-11-12-14-18-21-28(31)37-26(24-36-38(32,33)34)23-35-27(30)20-17-15-13-16-19-22-39-25(2)29/h26H,3-24H2,1-2H3,(H2,32,33,34)/t26-/m0/s1. The minimum absolute atomic E-state index is 0.122. The fraction of sp³-hybridized carbons (Fsp3) is 0.893. The number of thioether (sulfide) groups is 1. The highest BCUT2D eigenvalue weighted by atomic mass is 32.2. The molecule has 1 atom stereocenters. The van der Waals surface area contributed by atoms with E-state index < -0.39 is 32.5 Å². The smallest absolute Gasteiger partial charge is 0.462 e. The Kier molecular flexibility index (Phi) is 25.4. The molecule has 0 fully saturated rings. The van der Waals surface area contributed by atoms with Gasteiger partial charge in [-0.25, -0.2) is 4.57 Å². The average Bonchev–Trinajstić information content (AvgIpc) is 2.87. The van der Waals surface area contributed by atoms with Gasteiger partial charge >= 0.3 is 19.8 Å². The molecule has 0 amide bonds. The highest BCUT2D eigenvalue weighted by Crippen LogP contribution is 2.35. The summed E-state index contributed by atoms with van der Waals surface area (Å²) in [7, 11) is -4.75. The van der Waals surface area contributed by atoms with Crippen LogP contribution in [0.1, 0.15) is 136 Å². The first-order valence-electron chi connectivity index (χ1n) is 14.8. The molecule has 9 nitrogen and oxygen atoms in total. The molecule has 2 N–H and O–H groups in total. The van der Waals surface area contributed by atoms with E-state index in [4.69, 9.17) is 19.3 Å². The number of rotatable bonds is 27. The minimum atomic E-state index is -4.75. The molecule has 0 radical (unpaired) electrons. The zero-order valence-electron chi connectivity index (χ0n) is 24.2. The number of carbonyl (C=O) groups is 3. The molecule has 0 aromatic carbocycles. The molecule has 0 heterocycles. The largest absolute Gasteiger partial charge is 0.469 e. The van der Waals surface area contributed by atoms with Crippen molar-refractivity contribution < 1.29 is 42.7 Å². The lowest BCUT2D eigenvalue weighted by molar-refractivity contribution is -0.161. The monoisotopic (exact) mass is 596 g/mol. The van der Waals surface area contributed by atoms with E-state index in [9.17, 15) is 18.9 Å². The van der Waals surface area contributed by atoms with Crippen LogP contribution in [0.3, 0.4) is 0 Å². The molecule has 0 aliphatic rings. The van der Waals surface area contributed by atoms with Crippen molar-refractivity contribution in [2.24, 2.45) is 0 Å². The van der Waals surface area contributed by atoms with Crippen molar-refractivity contribution >= 4 is 36.6 Å². The van der Waals surface area contributed by atoms with E-state index in [1.165, 1.54) is 63.1 Å². The van der Waals surface area contributed by atoms with Crippen molar-refractivity contribution in [1.82, 2.24) is 0 Å². The summed E-state index contributed by atoms with van der Waals surface area (Å²) in [5, 5.41) is 0.122. The van der Waals surface area contributed by atoms with E-state index in [2.05, 4.69) is 11.4 Å². The predicted octanol–water partition coefficient (Wildman–Crippen LogP) is 7.26. The molecule has 39 heavy (non-hydrogen) atoms. The van der Waals surface area contributed by atoms with Crippen LogP contribution < -0.4 is 0 Å². The van der Waals surface area contributed by atoms with E-state index in [0.29, 0.717) is 12.8 Å². The van der Waals surface area contributed by atoms with Crippen LogP contribution in [0.25, 0.3) is 0 Å². The van der Waals surface area contributed by atoms with Crippen molar-refractivity contribution in [2.45, 2.75) is 142 Å². The third-order valence-corrected chi connectivity index (χ3v) is 7.61. The third kappa shape index (κ3) is 29.9. The maximum Gasteiger partial charge on any atom is 0.469 e. The Labute approximate surface area is 240 Å². The van der Waals surface area contributed by atoms with Gasteiger partial charge in [-0.2, -0.15) is 0 Å². The molecule has 0 aliphatic heterocycles. The lowest BCUT2D eigenvalue weighted by Gasteiger charge is -2.18. The second kappa shape index (κ2) is 26.0. The number of unbranched alkanes of at least 4 members (excludes halogenated alkanes) is 15. The number of phosphoric acid groups is 1. The van der Waals surface area contributed by atoms with E-state index in [1.54, 1.807) is 6.92 Å². The van der Waals surface area contributed by atoms with E-state index in [-0.39, 0.29) is 24.6 Å². The van der Waals surface area contributed by atoms with Gasteiger partial charge in [-0.15, -0.1) is 0 Å². The van der Waals surface area contributed by atoms with Crippen LogP contribution in [0.2, 0.25) is 0 Å². The first kappa shape index (κ1) is 38.1. The normalized spacial score (nSPS) is 12.3. The highest BCUT2D eigenvalue weighted by Gasteiger charge is 2.22. The molecule has 0 bridgehead atoms. The average molecular weight is 597 g/mol. The number of phosphoric ester groups is 1. The number of esters is 2. The van der Waals surface area contributed by atoms with Crippen molar-refractivity contribution in [1.29, 1.82) is 0 Å². The van der Waals surface area contributed by atoms with Crippen LogP contribution in [0, 0.1) is 0 Å². The van der Waals surface area contributed by atoms with Crippen molar-refractivity contribution in [3.8, 4) is 0 Å². The second-order valence-corrected chi connectivity index (χ2v) is 12.6. The van der Waals surface area contributed by atoms with E-state index in [0.717, 1.165) is 50.7 Å². The van der Waals surface area contributed by atoms with Gasteiger partial charge in [0.05, 0.1) is 6.61 Å². The molecule has 0 rings (SSSR count). The van der Waals surface area contributed by atoms with Gasteiger partial charge in [0.15, 0.2) is 11.2 Å². The maximum atomic E-state index is 12.2. The summed E-state index contributed by atoms with van der Waals surface area (Å²) in [5.74, 6) is -0.145. The molecule has 0 aliphatic carbocycles. The van der Waals surface area contributed by atoms with Crippen LogP contribution >= 0.6 is 19.6 Å². The summed E-state index contributed by atoms with van der Waals surface area (Å²) < 4.78 is 26.0. The van der Waals surface area contributed by atoms with Crippen LogP contribution in [0.4, 0.5) is 0 Å². The van der Waals surface area contributed by atoms with Gasteiger partial charge in [-0.05, 0) is 19.3 Å². The molecule has 0 aromatic heterocycles. The molecular formula is C28H53O9PS. The fourth-order valence-electron chi connectivity index (χ4n) is 4.03. The van der Waals surface area contributed by atoms with Crippen LogP contribution in [0.15, 0.2) is 0 Å². The Bertz CT molecular complexity index is 684. The fourth-order valence-corrected chi connectivity index (χ4v) is 5.02. The van der Waals surface area contributed by atoms with Gasteiger partial charge in [-0.1, -0.05) is 109 Å². The van der Waals surface area contributed by atoms with E-state index >= 15 is 0 Å². The molecule has 0 spiro atoms. The minimum Gasteiger partial charge on any atom is -0.462 e. The van der Waals surface area contributed by atoms with Crippen LogP contribution in [-0.2, 0) is 32.9 Å². The van der Waals surface area contributed by atoms with E-state index in [1.807, 2.05) is 0 Å². The lowest BCUT2D eigenvalue weighted by Crippen LogP contribution is -2.29. The first-order chi connectivity index (χ1) is 18.6. The molecule has 11 heteroatoms. The Morgan fingerprint density at radius 2 is 1.15 bits per heavy atom. The first-order valence-corrected chi connectivity index (χ1v) is 17.3. The van der Waals surface area contributed by atoms with Gasteiger partial charge in [0.25, 0.3) is 0 Å². The number of ether oxygens (including phenoxy) is 2. The highest BCUT2D eigenvalue weighted by molar-refractivity contribution is 8.13. The molecule has 0 saturated heterocycles. The van der Waals surface area contributed by atoms with Gasteiger partial charge in [-0.3, -0.25) is 18.9 Å². The SMILES string of the molecule is CCCCCCCCCCCCCCC(=O)O[C@@H](COC(=O)CCCCCCCSC(C)=O)COP(=O)(O)O. The number of carbonyl (C=O) groups excluding carboxylic acids is 3. The van der Waals surface area contributed by atoms with Crippen LogP contribution in [0.5, 0.6) is 0 Å². The molecular weight excluding hydrogens is 543 g/mol. The summed E-state index contributed by atoms with van der Waals surface area (Å²) in [6, 6.07) is 0. The summed E-state index contributed by atoms with van der Waals surface area (Å²) >= 11 is 1.32. The Balaban J connectivity index is 4.04. The van der Waals surface area contributed by atoms with Gasteiger partial charge in [0.2, 0.25) is 0 Å². The maximum absolute atomic E-state index is 12.2. The molecule has 230 valence electrons. The Hall–Kier alpha value is -0.930. The van der Waals surface area contributed by atoms with Crippen molar-refractivity contribution in [3.63, 3.8) is 0 Å². The summed E-state index contributed by atoms with van der Waals surface area (Å²) in [5.41, 5.74) is 0. The Morgan fingerprint density at radius 3 is 1.64 bits per heavy atom.